The van der Waals surface area contributed by atoms with Crippen LogP contribution >= 0.6 is 0 Å². The zero-order valence-corrected chi connectivity index (χ0v) is 25.1. The molecule has 0 aliphatic heterocycles. The van der Waals surface area contributed by atoms with Crippen molar-refractivity contribution < 1.29 is 27.1 Å². The molecular weight excluding hydrogens is 557 g/mol. The molecule has 0 unspecified atom stereocenters. The standard InChI is InChI=1S/C32H38FN3O5S/c1-4-41-29-17-15-28(16-18-29)36(42(39,40)30-19-13-26(33)14-20-30)22-31(37)35(21-25-10-6-5-9-23(25)2)24(3)32(38)34-27-11-7-8-12-27/h5-6,9-10,13-20,24,27H,4,7-8,11-12,21-22H2,1-3H3,(H,34,38)/t24-/m1/s1. The minimum Gasteiger partial charge on any atom is -0.494 e. The lowest BCUT2D eigenvalue weighted by Gasteiger charge is -2.33. The van der Waals surface area contributed by atoms with Crippen molar-refractivity contribution in [2.45, 2.75) is 70.0 Å². The Bertz CT molecular complexity index is 1470. The van der Waals surface area contributed by atoms with Crippen LogP contribution in [0.2, 0.25) is 0 Å². The van der Waals surface area contributed by atoms with Gasteiger partial charge in [0.2, 0.25) is 11.8 Å². The fourth-order valence-corrected chi connectivity index (χ4v) is 6.50. The van der Waals surface area contributed by atoms with Crippen LogP contribution in [-0.2, 0) is 26.2 Å². The van der Waals surface area contributed by atoms with Gasteiger partial charge in [0, 0.05) is 12.6 Å². The number of benzene rings is 3. The number of hydrogen-bond donors (Lipinski definition) is 1. The van der Waals surface area contributed by atoms with Crippen LogP contribution in [-0.4, -0.2) is 50.4 Å². The lowest BCUT2D eigenvalue weighted by atomic mass is 10.1. The van der Waals surface area contributed by atoms with Crippen molar-refractivity contribution in [1.82, 2.24) is 10.2 Å². The number of halogens is 1. The molecule has 3 aromatic rings. The summed E-state index contributed by atoms with van der Waals surface area (Å²) < 4.78 is 47.9. The van der Waals surface area contributed by atoms with E-state index in [0.717, 1.165) is 53.2 Å². The number of carbonyl (C=O) groups is 2. The van der Waals surface area contributed by atoms with Gasteiger partial charge in [-0.15, -0.1) is 0 Å². The lowest BCUT2D eigenvalue weighted by molar-refractivity contribution is -0.139. The maximum Gasteiger partial charge on any atom is 0.264 e. The zero-order valence-electron chi connectivity index (χ0n) is 24.3. The number of rotatable bonds is 12. The first-order valence-corrected chi connectivity index (χ1v) is 15.7. The second-order valence-electron chi connectivity index (χ2n) is 10.5. The van der Waals surface area contributed by atoms with Crippen molar-refractivity contribution in [3.8, 4) is 5.75 Å². The largest absolute Gasteiger partial charge is 0.494 e. The molecule has 0 aromatic heterocycles. The Morgan fingerprint density at radius 2 is 1.64 bits per heavy atom. The van der Waals surface area contributed by atoms with Gasteiger partial charge in [0.15, 0.2) is 0 Å². The van der Waals surface area contributed by atoms with Gasteiger partial charge in [0.25, 0.3) is 10.0 Å². The summed E-state index contributed by atoms with van der Waals surface area (Å²) in [5.41, 5.74) is 2.02. The molecule has 1 aliphatic rings. The van der Waals surface area contributed by atoms with Crippen LogP contribution < -0.4 is 14.4 Å². The smallest absolute Gasteiger partial charge is 0.264 e. The highest BCUT2D eigenvalue weighted by atomic mass is 32.2. The van der Waals surface area contributed by atoms with E-state index in [-0.39, 0.29) is 29.1 Å². The average Bonchev–Trinajstić information content (AvgIpc) is 3.49. The zero-order chi connectivity index (χ0) is 30.3. The van der Waals surface area contributed by atoms with E-state index in [1.807, 2.05) is 38.1 Å². The predicted octanol–water partition coefficient (Wildman–Crippen LogP) is 5.20. The Kier molecular flexibility index (Phi) is 10.2. The molecule has 1 N–H and O–H groups in total. The normalized spacial score (nSPS) is 14.3. The molecule has 10 heteroatoms. The van der Waals surface area contributed by atoms with Gasteiger partial charge in [-0.2, -0.15) is 0 Å². The summed E-state index contributed by atoms with van der Waals surface area (Å²) in [6.07, 6.45) is 3.88. The summed E-state index contributed by atoms with van der Waals surface area (Å²) >= 11 is 0. The molecule has 224 valence electrons. The molecule has 0 radical (unpaired) electrons. The van der Waals surface area contributed by atoms with E-state index in [1.165, 1.54) is 17.0 Å². The number of hydrogen-bond acceptors (Lipinski definition) is 5. The Hall–Kier alpha value is -3.92. The Morgan fingerprint density at radius 1 is 1.00 bits per heavy atom. The minimum absolute atomic E-state index is 0.0644. The number of carbonyl (C=O) groups excluding carboxylic acids is 2. The van der Waals surface area contributed by atoms with Gasteiger partial charge in [0.05, 0.1) is 17.2 Å². The third kappa shape index (κ3) is 7.47. The highest BCUT2D eigenvalue weighted by Crippen LogP contribution is 2.27. The number of anilines is 1. The monoisotopic (exact) mass is 595 g/mol. The Morgan fingerprint density at radius 3 is 2.26 bits per heavy atom. The third-order valence-electron chi connectivity index (χ3n) is 7.59. The molecule has 1 saturated carbocycles. The molecule has 42 heavy (non-hydrogen) atoms. The van der Waals surface area contributed by atoms with Gasteiger partial charge in [-0.25, -0.2) is 12.8 Å². The van der Waals surface area contributed by atoms with E-state index in [0.29, 0.717) is 12.4 Å². The molecule has 0 heterocycles. The SMILES string of the molecule is CCOc1ccc(N(CC(=O)N(Cc2ccccc2C)[C@H](C)C(=O)NC2CCCC2)S(=O)(=O)c2ccc(F)cc2)cc1. The van der Waals surface area contributed by atoms with Crippen LogP contribution in [0.15, 0.2) is 77.7 Å². The van der Waals surface area contributed by atoms with E-state index in [9.17, 15) is 22.4 Å². The molecule has 4 rings (SSSR count). The first-order valence-electron chi connectivity index (χ1n) is 14.3. The number of ether oxygens (including phenoxy) is 1. The van der Waals surface area contributed by atoms with E-state index in [2.05, 4.69) is 5.32 Å². The third-order valence-corrected chi connectivity index (χ3v) is 9.38. The van der Waals surface area contributed by atoms with Crippen molar-refractivity contribution in [1.29, 1.82) is 0 Å². The van der Waals surface area contributed by atoms with Crippen molar-refractivity contribution >= 4 is 27.5 Å². The van der Waals surface area contributed by atoms with Gasteiger partial charge in [0.1, 0.15) is 24.2 Å². The Balaban J connectivity index is 1.69. The maximum absolute atomic E-state index is 14.1. The van der Waals surface area contributed by atoms with Gasteiger partial charge < -0.3 is 15.0 Å². The molecule has 8 nitrogen and oxygen atoms in total. The van der Waals surface area contributed by atoms with E-state index >= 15 is 0 Å². The van der Waals surface area contributed by atoms with E-state index in [1.54, 1.807) is 31.2 Å². The van der Waals surface area contributed by atoms with Crippen LogP contribution in [0.4, 0.5) is 10.1 Å². The highest BCUT2D eigenvalue weighted by Gasteiger charge is 2.33. The fourth-order valence-electron chi connectivity index (χ4n) is 5.08. The molecule has 0 saturated heterocycles. The van der Waals surface area contributed by atoms with Crippen molar-refractivity contribution in [2.75, 3.05) is 17.5 Å². The van der Waals surface area contributed by atoms with Gasteiger partial charge in [-0.1, -0.05) is 37.1 Å². The number of nitrogens with one attached hydrogen (secondary N) is 1. The van der Waals surface area contributed by atoms with Crippen molar-refractivity contribution in [3.63, 3.8) is 0 Å². The number of nitrogens with zero attached hydrogens (tertiary/aromatic N) is 2. The second-order valence-corrected chi connectivity index (χ2v) is 12.4. The van der Waals surface area contributed by atoms with Crippen LogP contribution in [0, 0.1) is 12.7 Å². The first kappa shape index (κ1) is 31.0. The van der Waals surface area contributed by atoms with Gasteiger partial charge in [-0.05, 0) is 93.3 Å². The predicted molar refractivity (Wildman–Crippen MR) is 160 cm³/mol. The summed E-state index contributed by atoms with van der Waals surface area (Å²) in [4.78, 5) is 28.7. The fraction of sp³-hybridized carbons (Fsp3) is 0.375. The molecule has 0 bridgehead atoms. The second kappa shape index (κ2) is 13.8. The topological polar surface area (TPSA) is 96.0 Å². The van der Waals surface area contributed by atoms with E-state index in [4.69, 9.17) is 4.74 Å². The van der Waals surface area contributed by atoms with Gasteiger partial charge in [-0.3, -0.25) is 13.9 Å². The molecule has 1 atom stereocenters. The summed E-state index contributed by atoms with van der Waals surface area (Å²) in [7, 11) is -4.29. The van der Waals surface area contributed by atoms with Crippen LogP contribution in [0.1, 0.15) is 50.7 Å². The number of aryl methyl sites for hydroxylation is 1. The average molecular weight is 596 g/mol. The van der Waals surface area contributed by atoms with Crippen LogP contribution in [0.25, 0.3) is 0 Å². The number of amides is 2. The quantitative estimate of drug-likeness (QED) is 0.310. The maximum atomic E-state index is 14.1. The van der Waals surface area contributed by atoms with Crippen LogP contribution in [0.3, 0.4) is 0 Å². The molecule has 1 aliphatic carbocycles. The van der Waals surface area contributed by atoms with Crippen molar-refractivity contribution in [3.05, 3.63) is 89.7 Å². The van der Waals surface area contributed by atoms with Gasteiger partial charge >= 0.3 is 0 Å². The highest BCUT2D eigenvalue weighted by molar-refractivity contribution is 7.92. The molecule has 0 spiro atoms. The van der Waals surface area contributed by atoms with E-state index < -0.39 is 34.3 Å². The minimum atomic E-state index is -4.29. The number of sulfonamides is 1. The molecule has 3 aromatic carbocycles. The molecule has 1 fully saturated rings. The van der Waals surface area contributed by atoms with Crippen LogP contribution in [0.5, 0.6) is 5.75 Å². The molecule has 2 amide bonds. The first-order chi connectivity index (χ1) is 20.1. The summed E-state index contributed by atoms with van der Waals surface area (Å²) in [6, 6.07) is 17.6. The molecular formula is C32H38FN3O5S. The summed E-state index contributed by atoms with van der Waals surface area (Å²) in [5.74, 6) is -0.862. The summed E-state index contributed by atoms with van der Waals surface area (Å²) in [5, 5.41) is 3.06. The Labute approximate surface area is 247 Å². The summed E-state index contributed by atoms with van der Waals surface area (Å²) in [6.45, 7) is 5.41. The lowest BCUT2D eigenvalue weighted by Crippen LogP contribution is -2.52. The van der Waals surface area contributed by atoms with Crippen molar-refractivity contribution in [2.24, 2.45) is 0 Å².